The monoisotopic (exact) mass is 382 g/mol. The van der Waals surface area contributed by atoms with Crippen molar-refractivity contribution in [2.75, 3.05) is 0 Å². The van der Waals surface area contributed by atoms with E-state index in [1.807, 2.05) is 38.1 Å². The van der Waals surface area contributed by atoms with E-state index in [-0.39, 0.29) is 16.8 Å². The average Bonchev–Trinajstić information content (AvgIpc) is 2.68. The van der Waals surface area contributed by atoms with Crippen molar-refractivity contribution in [3.8, 4) is 0 Å². The Labute approximate surface area is 165 Å². The molecule has 0 saturated carbocycles. The van der Waals surface area contributed by atoms with Crippen LogP contribution in [0.25, 0.3) is 43.6 Å². The molecule has 0 aliphatic carbocycles. The Morgan fingerprint density at radius 2 is 1.31 bits per heavy atom. The third-order valence-electron chi connectivity index (χ3n) is 5.51. The molecule has 0 aliphatic rings. The predicted octanol–water partition coefficient (Wildman–Crippen LogP) is 4.43. The Morgan fingerprint density at radius 1 is 0.724 bits per heavy atom. The second-order valence-corrected chi connectivity index (χ2v) is 7.62. The van der Waals surface area contributed by atoms with E-state index in [1.165, 1.54) is 11.5 Å². The molecular formula is C24H18N2O3. The van der Waals surface area contributed by atoms with Crippen LogP contribution in [0, 0.1) is 13.8 Å². The number of carbonyl (C=O) groups excluding carboxylic acids is 1. The molecule has 5 heteroatoms. The first kappa shape index (κ1) is 17.4. The number of hydrogen-bond donors (Lipinski definition) is 1. The van der Waals surface area contributed by atoms with E-state index in [4.69, 9.17) is 0 Å². The van der Waals surface area contributed by atoms with Gasteiger partial charge >= 0.3 is 0 Å². The summed E-state index contributed by atoms with van der Waals surface area (Å²) in [5, 5.41) is 1.94. The van der Waals surface area contributed by atoms with Crippen LogP contribution in [0.5, 0.6) is 0 Å². The minimum atomic E-state index is -0.212. The maximum absolute atomic E-state index is 13.2. The van der Waals surface area contributed by atoms with Crippen molar-refractivity contribution in [1.82, 2.24) is 9.55 Å². The molecule has 0 unspecified atom stereocenters. The molecule has 0 saturated heterocycles. The first-order chi connectivity index (χ1) is 13.8. The Hall–Kier alpha value is -3.73. The van der Waals surface area contributed by atoms with E-state index in [9.17, 15) is 14.4 Å². The number of benzene rings is 3. The number of carbonyl (C=O) groups is 1. The Bertz CT molecular complexity index is 1640. The minimum absolute atomic E-state index is 0.120. The average molecular weight is 382 g/mol. The van der Waals surface area contributed by atoms with Gasteiger partial charge in [-0.05, 0) is 50.2 Å². The van der Waals surface area contributed by atoms with Crippen LogP contribution >= 0.6 is 0 Å². The summed E-state index contributed by atoms with van der Waals surface area (Å²) in [6, 6.07) is 14.5. The van der Waals surface area contributed by atoms with Crippen LogP contribution in [0.4, 0.5) is 0 Å². The molecule has 3 aromatic carbocycles. The largest absolute Gasteiger partial charge is 0.354 e. The van der Waals surface area contributed by atoms with Crippen molar-refractivity contribution in [2.24, 2.45) is 0 Å². The first-order valence-corrected chi connectivity index (χ1v) is 9.41. The topological polar surface area (TPSA) is 71.9 Å². The molecule has 0 spiro atoms. The highest BCUT2D eigenvalue weighted by atomic mass is 16.2. The maximum Gasteiger partial charge on any atom is 0.228 e. The summed E-state index contributed by atoms with van der Waals surface area (Å²) in [5.41, 5.74) is 3.96. The normalized spacial score (nSPS) is 11.7. The molecule has 5 aromatic rings. The quantitative estimate of drug-likeness (QED) is 0.403. The van der Waals surface area contributed by atoms with Crippen LogP contribution in [0.1, 0.15) is 22.8 Å². The number of pyridine rings is 2. The number of rotatable bonds is 0. The fourth-order valence-corrected chi connectivity index (χ4v) is 4.13. The summed E-state index contributed by atoms with van der Waals surface area (Å²) in [7, 11) is 0. The number of nitrogens with one attached hydrogen (secondary N) is 1. The summed E-state index contributed by atoms with van der Waals surface area (Å²) < 4.78 is 1.52. The zero-order valence-electron chi connectivity index (χ0n) is 16.3. The highest BCUT2D eigenvalue weighted by Gasteiger charge is 2.16. The van der Waals surface area contributed by atoms with E-state index in [2.05, 4.69) is 4.98 Å². The van der Waals surface area contributed by atoms with Gasteiger partial charge < -0.3 is 4.98 Å². The van der Waals surface area contributed by atoms with E-state index in [0.717, 1.165) is 16.6 Å². The molecule has 0 radical (unpaired) electrons. The van der Waals surface area contributed by atoms with Crippen LogP contribution in [0.2, 0.25) is 0 Å². The zero-order valence-corrected chi connectivity index (χ0v) is 16.3. The van der Waals surface area contributed by atoms with Crippen molar-refractivity contribution in [3.05, 3.63) is 80.1 Å². The van der Waals surface area contributed by atoms with Gasteiger partial charge in [-0.2, -0.15) is 0 Å². The highest BCUT2D eigenvalue weighted by molar-refractivity contribution is 6.07. The van der Waals surface area contributed by atoms with Crippen molar-refractivity contribution < 1.29 is 4.79 Å². The molecule has 5 rings (SSSR count). The number of aryl methyl sites for hydroxylation is 2. The van der Waals surface area contributed by atoms with Crippen molar-refractivity contribution >= 4 is 49.5 Å². The SMILES string of the molecule is CC(=O)n1c2ccc(C)cc2c(=O)c2cc3[nH]c4ccc(C)cc4c(=O)c3cc21. The van der Waals surface area contributed by atoms with Gasteiger partial charge in [0.25, 0.3) is 0 Å². The molecule has 29 heavy (non-hydrogen) atoms. The van der Waals surface area contributed by atoms with Crippen molar-refractivity contribution in [1.29, 1.82) is 0 Å². The molecule has 0 aliphatic heterocycles. The van der Waals surface area contributed by atoms with Crippen LogP contribution < -0.4 is 10.9 Å². The molecule has 0 fully saturated rings. The minimum Gasteiger partial charge on any atom is -0.354 e. The van der Waals surface area contributed by atoms with E-state index >= 15 is 0 Å². The molecular weight excluding hydrogens is 364 g/mol. The van der Waals surface area contributed by atoms with Gasteiger partial charge in [-0.15, -0.1) is 0 Å². The summed E-state index contributed by atoms with van der Waals surface area (Å²) in [5.74, 6) is -0.212. The third kappa shape index (κ3) is 2.44. The van der Waals surface area contributed by atoms with Gasteiger partial charge in [0.15, 0.2) is 10.9 Å². The molecule has 2 heterocycles. The summed E-state index contributed by atoms with van der Waals surface area (Å²) in [6.45, 7) is 5.31. The van der Waals surface area contributed by atoms with Gasteiger partial charge in [0, 0.05) is 34.0 Å². The predicted molar refractivity (Wildman–Crippen MR) is 117 cm³/mol. The number of nitrogens with zero attached hydrogens (tertiary/aromatic N) is 1. The number of H-pyrrole nitrogens is 1. The number of hydrogen-bond acceptors (Lipinski definition) is 3. The van der Waals surface area contributed by atoms with Gasteiger partial charge in [0.1, 0.15) is 0 Å². The lowest BCUT2D eigenvalue weighted by Gasteiger charge is -2.14. The van der Waals surface area contributed by atoms with Crippen LogP contribution in [-0.2, 0) is 0 Å². The summed E-state index contributed by atoms with van der Waals surface area (Å²) in [4.78, 5) is 42.2. The lowest BCUT2D eigenvalue weighted by Crippen LogP contribution is -2.16. The fourth-order valence-electron chi connectivity index (χ4n) is 4.13. The van der Waals surface area contributed by atoms with E-state index in [1.54, 1.807) is 24.3 Å². The van der Waals surface area contributed by atoms with Crippen LogP contribution in [0.15, 0.2) is 58.1 Å². The van der Waals surface area contributed by atoms with Crippen molar-refractivity contribution in [3.63, 3.8) is 0 Å². The van der Waals surface area contributed by atoms with Gasteiger partial charge in [-0.1, -0.05) is 23.3 Å². The second kappa shape index (κ2) is 5.88. The lowest BCUT2D eigenvalue weighted by molar-refractivity contribution is 0.0946. The summed E-state index contributed by atoms with van der Waals surface area (Å²) >= 11 is 0. The Morgan fingerprint density at radius 3 is 2.03 bits per heavy atom. The number of fused-ring (bicyclic) bond motifs is 4. The zero-order chi connectivity index (χ0) is 20.4. The molecule has 1 N–H and O–H groups in total. The van der Waals surface area contributed by atoms with Gasteiger partial charge in [-0.25, -0.2) is 0 Å². The Balaban J connectivity index is 2.07. The standard InChI is InChI=1S/C24H18N2O3/c1-12-4-6-19-15(8-12)23(28)16-11-22-18(10-20(16)25-19)24(29)17-9-13(2)5-7-21(17)26(22)14(3)27/h4-11H,1-3H3,(H,25,28). The van der Waals surface area contributed by atoms with Gasteiger partial charge in [0.2, 0.25) is 5.91 Å². The number of aromatic amines is 1. The molecule has 0 atom stereocenters. The molecule has 0 bridgehead atoms. The molecule has 0 amide bonds. The Kier molecular flexibility index (Phi) is 3.52. The smallest absolute Gasteiger partial charge is 0.228 e. The second-order valence-electron chi connectivity index (χ2n) is 7.62. The lowest BCUT2D eigenvalue weighted by atomic mass is 10.0. The highest BCUT2D eigenvalue weighted by Crippen LogP contribution is 2.25. The molecule has 2 aromatic heterocycles. The summed E-state index contributed by atoms with van der Waals surface area (Å²) in [6.07, 6.45) is 0. The third-order valence-corrected chi connectivity index (χ3v) is 5.51. The molecule has 5 nitrogen and oxygen atoms in total. The van der Waals surface area contributed by atoms with Gasteiger partial charge in [0.05, 0.1) is 16.6 Å². The van der Waals surface area contributed by atoms with E-state index < -0.39 is 0 Å². The first-order valence-electron chi connectivity index (χ1n) is 9.41. The van der Waals surface area contributed by atoms with Gasteiger partial charge in [-0.3, -0.25) is 19.0 Å². The fraction of sp³-hybridized carbons (Fsp3) is 0.125. The van der Waals surface area contributed by atoms with Crippen LogP contribution in [-0.4, -0.2) is 15.5 Å². The number of aromatic nitrogens is 2. The molecule has 142 valence electrons. The van der Waals surface area contributed by atoms with E-state index in [0.29, 0.717) is 38.1 Å². The maximum atomic E-state index is 13.2. The van der Waals surface area contributed by atoms with Crippen LogP contribution in [0.3, 0.4) is 0 Å². The van der Waals surface area contributed by atoms with Crippen molar-refractivity contribution in [2.45, 2.75) is 20.8 Å².